The molecule has 0 saturated heterocycles. The molecule has 1 N–H and O–H groups in total. The van der Waals surface area contributed by atoms with E-state index < -0.39 is 5.97 Å². The first-order valence-corrected chi connectivity index (χ1v) is 6.10. The Bertz CT molecular complexity index is 617. The van der Waals surface area contributed by atoms with E-state index in [2.05, 4.69) is 4.98 Å². The summed E-state index contributed by atoms with van der Waals surface area (Å²) in [5, 5.41) is 8.89. The van der Waals surface area contributed by atoms with Crippen LogP contribution in [0.3, 0.4) is 0 Å². The second-order valence-electron chi connectivity index (χ2n) is 4.77. The number of aliphatic carboxylic acids is 1. The van der Waals surface area contributed by atoms with Gasteiger partial charge in [0.15, 0.2) is 0 Å². The lowest BCUT2D eigenvalue weighted by Crippen LogP contribution is -1.99. The molecule has 0 radical (unpaired) electrons. The Hall–Kier alpha value is -1.65. The predicted octanol–water partition coefficient (Wildman–Crippen LogP) is 3.92. The molecule has 0 spiro atoms. The number of carboxylic acids is 1. The molecule has 6 heteroatoms. The van der Waals surface area contributed by atoms with Crippen LogP contribution in [0.25, 0.3) is 11.3 Å². The summed E-state index contributed by atoms with van der Waals surface area (Å²) in [6.07, 6.45) is 2.40. The summed E-state index contributed by atoms with van der Waals surface area (Å²) in [6, 6.07) is 9.89. The van der Waals surface area contributed by atoms with E-state index >= 15 is 0 Å². The van der Waals surface area contributed by atoms with E-state index in [4.69, 9.17) is 5.11 Å². The average molecular weight is 330 g/mol. The first-order chi connectivity index (χ1) is 9.15. The maximum atomic E-state index is 12.8. The highest BCUT2D eigenvalue weighted by Gasteiger charge is 2.44. The summed E-state index contributed by atoms with van der Waals surface area (Å²) < 4.78 is 12.8. The van der Waals surface area contributed by atoms with Gasteiger partial charge in [-0.15, -0.1) is 24.8 Å². The van der Waals surface area contributed by atoms with Crippen LogP contribution in [-0.2, 0) is 4.79 Å². The molecule has 2 atom stereocenters. The number of nitrogens with zero attached hydrogens (tertiary/aromatic N) is 1. The summed E-state index contributed by atoms with van der Waals surface area (Å²) in [7, 11) is 0. The van der Waals surface area contributed by atoms with Crippen LogP contribution in [-0.4, -0.2) is 16.1 Å². The predicted molar refractivity (Wildman–Crippen MR) is 82.6 cm³/mol. The summed E-state index contributed by atoms with van der Waals surface area (Å²) in [5.74, 6) is -1.19. The fourth-order valence-electron chi connectivity index (χ4n) is 2.25. The second kappa shape index (κ2) is 6.87. The summed E-state index contributed by atoms with van der Waals surface area (Å²) in [5.41, 5.74) is 2.56. The lowest BCUT2D eigenvalue weighted by Gasteiger charge is -2.03. The number of aromatic nitrogens is 1. The van der Waals surface area contributed by atoms with Gasteiger partial charge in [-0.1, -0.05) is 6.07 Å². The van der Waals surface area contributed by atoms with Crippen LogP contribution >= 0.6 is 24.8 Å². The SMILES string of the molecule is Cl.Cl.O=C(O)C1CC1c1ccc(-c2ccc(F)cc2)nc1. The summed E-state index contributed by atoms with van der Waals surface area (Å²) in [4.78, 5) is 15.1. The van der Waals surface area contributed by atoms with E-state index in [9.17, 15) is 9.18 Å². The zero-order valence-corrected chi connectivity index (χ0v) is 12.5. The number of carboxylic acid groups (broad SMARTS) is 1. The van der Waals surface area contributed by atoms with Gasteiger partial charge in [0.1, 0.15) is 5.82 Å². The van der Waals surface area contributed by atoms with E-state index in [0.717, 1.165) is 16.8 Å². The molecular weight excluding hydrogens is 316 g/mol. The van der Waals surface area contributed by atoms with Crippen LogP contribution in [0.5, 0.6) is 0 Å². The maximum Gasteiger partial charge on any atom is 0.307 e. The molecule has 2 unspecified atom stereocenters. The molecule has 3 rings (SSSR count). The molecule has 0 amide bonds. The summed E-state index contributed by atoms with van der Waals surface area (Å²) in [6.45, 7) is 0. The number of hydrogen-bond donors (Lipinski definition) is 1. The Labute approximate surface area is 134 Å². The first-order valence-electron chi connectivity index (χ1n) is 6.10. The number of rotatable bonds is 3. The molecule has 1 aliphatic rings. The third-order valence-electron chi connectivity index (χ3n) is 3.46. The molecule has 3 nitrogen and oxygen atoms in total. The molecule has 1 aromatic carbocycles. The quantitative estimate of drug-likeness (QED) is 0.928. The molecule has 0 bridgehead atoms. The van der Waals surface area contributed by atoms with Crippen molar-refractivity contribution in [1.29, 1.82) is 0 Å². The zero-order chi connectivity index (χ0) is 13.4. The van der Waals surface area contributed by atoms with Gasteiger partial charge in [-0.05, 0) is 48.2 Å². The van der Waals surface area contributed by atoms with Gasteiger partial charge in [-0.3, -0.25) is 9.78 Å². The van der Waals surface area contributed by atoms with Crippen molar-refractivity contribution in [3.63, 3.8) is 0 Å². The first kappa shape index (κ1) is 17.4. The second-order valence-corrected chi connectivity index (χ2v) is 4.77. The van der Waals surface area contributed by atoms with Crippen molar-refractivity contribution in [1.82, 2.24) is 4.98 Å². The minimum atomic E-state index is -0.743. The van der Waals surface area contributed by atoms with E-state index in [0.29, 0.717) is 6.42 Å². The van der Waals surface area contributed by atoms with Gasteiger partial charge >= 0.3 is 5.97 Å². The van der Waals surface area contributed by atoms with Crippen molar-refractivity contribution < 1.29 is 14.3 Å². The van der Waals surface area contributed by atoms with Gasteiger partial charge in [-0.2, -0.15) is 0 Å². The maximum absolute atomic E-state index is 12.8. The van der Waals surface area contributed by atoms with Crippen molar-refractivity contribution in [2.24, 2.45) is 5.92 Å². The highest BCUT2D eigenvalue weighted by Crippen LogP contribution is 2.47. The number of hydrogen-bond acceptors (Lipinski definition) is 2. The average Bonchev–Trinajstić information content (AvgIpc) is 3.20. The molecule has 1 aliphatic carbocycles. The zero-order valence-electron chi connectivity index (χ0n) is 10.9. The van der Waals surface area contributed by atoms with Crippen LogP contribution in [0.15, 0.2) is 42.6 Å². The minimum absolute atomic E-state index is 0. The fourth-order valence-corrected chi connectivity index (χ4v) is 2.25. The van der Waals surface area contributed by atoms with Crippen molar-refractivity contribution in [2.75, 3.05) is 0 Å². The van der Waals surface area contributed by atoms with Gasteiger partial charge in [0.25, 0.3) is 0 Å². The normalized spacial score (nSPS) is 19.1. The number of pyridine rings is 1. The highest BCUT2D eigenvalue weighted by molar-refractivity contribution is 5.85. The van der Waals surface area contributed by atoms with Gasteiger partial charge in [0.05, 0.1) is 11.6 Å². The smallest absolute Gasteiger partial charge is 0.307 e. The van der Waals surface area contributed by atoms with Crippen LogP contribution in [0.1, 0.15) is 17.9 Å². The number of benzene rings is 1. The Morgan fingerprint density at radius 2 is 1.81 bits per heavy atom. The van der Waals surface area contributed by atoms with E-state index in [1.165, 1.54) is 12.1 Å². The molecule has 1 heterocycles. The minimum Gasteiger partial charge on any atom is -0.481 e. The third kappa shape index (κ3) is 3.71. The van der Waals surface area contributed by atoms with Crippen LogP contribution in [0.2, 0.25) is 0 Å². The molecular formula is C15H14Cl2FNO2. The highest BCUT2D eigenvalue weighted by atomic mass is 35.5. The van der Waals surface area contributed by atoms with E-state index in [-0.39, 0.29) is 42.5 Å². The largest absolute Gasteiger partial charge is 0.481 e. The van der Waals surface area contributed by atoms with E-state index in [1.807, 2.05) is 12.1 Å². The number of halogens is 3. The van der Waals surface area contributed by atoms with Crippen molar-refractivity contribution >= 4 is 30.8 Å². The Balaban J connectivity index is 0.00000110. The molecule has 1 aromatic heterocycles. The topological polar surface area (TPSA) is 50.2 Å². The molecule has 1 fully saturated rings. The van der Waals surface area contributed by atoms with Crippen molar-refractivity contribution in [2.45, 2.75) is 12.3 Å². The Morgan fingerprint density at radius 3 is 2.29 bits per heavy atom. The van der Waals surface area contributed by atoms with E-state index in [1.54, 1.807) is 18.3 Å². The molecule has 112 valence electrons. The van der Waals surface area contributed by atoms with Gasteiger partial charge in [0, 0.05) is 11.8 Å². The van der Waals surface area contributed by atoms with Crippen molar-refractivity contribution in [3.8, 4) is 11.3 Å². The van der Waals surface area contributed by atoms with Crippen LogP contribution < -0.4 is 0 Å². The summed E-state index contributed by atoms with van der Waals surface area (Å²) >= 11 is 0. The fraction of sp³-hybridized carbons (Fsp3) is 0.200. The van der Waals surface area contributed by atoms with Gasteiger partial charge < -0.3 is 5.11 Å². The molecule has 0 aliphatic heterocycles. The van der Waals surface area contributed by atoms with Crippen LogP contribution in [0, 0.1) is 11.7 Å². The third-order valence-corrected chi connectivity index (χ3v) is 3.46. The molecule has 21 heavy (non-hydrogen) atoms. The number of carbonyl (C=O) groups is 1. The Kier molecular flexibility index (Phi) is 5.70. The van der Waals surface area contributed by atoms with Crippen LogP contribution in [0.4, 0.5) is 4.39 Å². The van der Waals surface area contributed by atoms with Crippen molar-refractivity contribution in [3.05, 3.63) is 54.0 Å². The van der Waals surface area contributed by atoms with Gasteiger partial charge in [0.2, 0.25) is 0 Å². The van der Waals surface area contributed by atoms with Gasteiger partial charge in [-0.25, -0.2) is 4.39 Å². The monoisotopic (exact) mass is 329 g/mol. The standard InChI is InChI=1S/C15H12FNO2.2ClH/c16-11-4-1-9(2-5-11)14-6-3-10(8-17-14)12-7-13(12)15(18)19;;/h1-6,8,12-13H,7H2,(H,18,19);2*1H. The molecule has 2 aromatic rings. The lowest BCUT2D eigenvalue weighted by atomic mass is 10.1. The lowest BCUT2D eigenvalue weighted by molar-refractivity contribution is -0.138. The Morgan fingerprint density at radius 1 is 1.14 bits per heavy atom. The molecule has 1 saturated carbocycles.